The van der Waals surface area contributed by atoms with Crippen LogP contribution in [0.15, 0.2) is 66.7 Å². The Morgan fingerprint density at radius 1 is 0.417 bits per heavy atom. The standard InChI is InChI=1S/C42H62N6/c1-43-23-29-46(30-24-43)20-8-16-36-11-4-5-19-41(36)39-14-7-15-40(35-39)42-37(17-9-21-47-31-25-44(2)26-32-47)12-6-13-38(42)18-10-22-48-33-27-45(3)28-34-48/h4-7,11-15,19,35H,8-10,16-18,20-34H2,1-3H3. The zero-order valence-electron chi connectivity index (χ0n) is 30.4. The van der Waals surface area contributed by atoms with Gasteiger partial charge in [0.2, 0.25) is 0 Å². The molecule has 0 aromatic heterocycles. The first-order chi connectivity index (χ1) is 23.5. The first-order valence-corrected chi connectivity index (χ1v) is 19.0. The van der Waals surface area contributed by atoms with Crippen LogP contribution in [0.2, 0.25) is 0 Å². The molecule has 3 aromatic rings. The molecule has 0 aliphatic carbocycles. The van der Waals surface area contributed by atoms with Gasteiger partial charge in [-0.05, 0) is 124 Å². The molecule has 3 aromatic carbocycles. The SMILES string of the molecule is CN1CCN(CCCc2ccccc2-c2cccc(-c3c(CCCN4CCN(C)CC4)cccc3CCCN3CCN(C)CC3)c2)CC1. The minimum atomic E-state index is 1.13. The van der Waals surface area contributed by atoms with Gasteiger partial charge in [0.05, 0.1) is 0 Å². The molecule has 3 heterocycles. The molecule has 3 aliphatic rings. The summed E-state index contributed by atoms with van der Waals surface area (Å²) in [6, 6.07) is 25.9. The van der Waals surface area contributed by atoms with Gasteiger partial charge in [-0.1, -0.05) is 60.7 Å². The molecular formula is C42H62N6. The summed E-state index contributed by atoms with van der Waals surface area (Å²) in [6.45, 7) is 18.0. The first kappa shape index (κ1) is 35.3. The quantitative estimate of drug-likeness (QED) is 0.226. The van der Waals surface area contributed by atoms with Gasteiger partial charge in [0.25, 0.3) is 0 Å². The highest BCUT2D eigenvalue weighted by Crippen LogP contribution is 2.34. The van der Waals surface area contributed by atoms with Gasteiger partial charge < -0.3 is 29.4 Å². The van der Waals surface area contributed by atoms with E-state index in [2.05, 4.69) is 117 Å². The third-order valence-electron chi connectivity index (χ3n) is 11.3. The predicted octanol–water partition coefficient (Wildman–Crippen LogP) is 5.56. The second-order valence-corrected chi connectivity index (χ2v) is 14.9. The number of hydrogen-bond acceptors (Lipinski definition) is 6. The van der Waals surface area contributed by atoms with E-state index < -0.39 is 0 Å². The fourth-order valence-electron chi connectivity index (χ4n) is 8.00. The van der Waals surface area contributed by atoms with Crippen molar-refractivity contribution in [2.45, 2.75) is 38.5 Å². The molecule has 0 saturated carbocycles. The summed E-state index contributed by atoms with van der Waals surface area (Å²) in [4.78, 5) is 15.3. The van der Waals surface area contributed by atoms with Crippen molar-refractivity contribution in [3.05, 3.63) is 83.4 Å². The van der Waals surface area contributed by atoms with Crippen LogP contribution in [-0.2, 0) is 19.3 Å². The molecule has 0 N–H and O–H groups in total. The molecule has 48 heavy (non-hydrogen) atoms. The van der Waals surface area contributed by atoms with Crippen LogP contribution in [0, 0.1) is 0 Å². The Bertz CT molecular complexity index is 1350. The lowest BCUT2D eigenvalue weighted by atomic mass is 9.88. The van der Waals surface area contributed by atoms with Crippen molar-refractivity contribution < 1.29 is 0 Å². The summed E-state index contributed by atoms with van der Waals surface area (Å²) < 4.78 is 0. The van der Waals surface area contributed by atoms with Crippen molar-refractivity contribution >= 4 is 0 Å². The molecule has 0 atom stereocenters. The van der Waals surface area contributed by atoms with E-state index in [4.69, 9.17) is 0 Å². The molecular weight excluding hydrogens is 589 g/mol. The van der Waals surface area contributed by atoms with E-state index in [1.54, 1.807) is 0 Å². The Morgan fingerprint density at radius 3 is 1.31 bits per heavy atom. The van der Waals surface area contributed by atoms with Gasteiger partial charge in [0, 0.05) is 78.5 Å². The lowest BCUT2D eigenvalue weighted by Gasteiger charge is -2.32. The van der Waals surface area contributed by atoms with Gasteiger partial charge in [0.1, 0.15) is 0 Å². The predicted molar refractivity (Wildman–Crippen MR) is 204 cm³/mol. The largest absolute Gasteiger partial charge is 0.304 e. The summed E-state index contributed by atoms with van der Waals surface area (Å²) in [5, 5.41) is 0. The average molecular weight is 651 g/mol. The van der Waals surface area contributed by atoms with E-state index in [0.717, 1.165) is 19.3 Å². The number of hydrogen-bond donors (Lipinski definition) is 0. The van der Waals surface area contributed by atoms with E-state index >= 15 is 0 Å². The smallest absolute Gasteiger partial charge is 0.0110 e. The van der Waals surface area contributed by atoms with Gasteiger partial charge >= 0.3 is 0 Å². The molecule has 0 bridgehead atoms. The molecule has 6 rings (SSSR count). The Kier molecular flexibility index (Phi) is 13.1. The van der Waals surface area contributed by atoms with E-state index in [9.17, 15) is 0 Å². The van der Waals surface area contributed by atoms with Gasteiger partial charge in [-0.15, -0.1) is 0 Å². The van der Waals surface area contributed by atoms with Crippen LogP contribution in [-0.4, -0.2) is 149 Å². The van der Waals surface area contributed by atoms with E-state index in [1.165, 1.54) is 156 Å². The lowest BCUT2D eigenvalue weighted by molar-refractivity contribution is 0.153. The molecule has 0 radical (unpaired) electrons. The van der Waals surface area contributed by atoms with Crippen LogP contribution in [0.1, 0.15) is 36.0 Å². The Labute approximate surface area is 292 Å². The average Bonchev–Trinajstić information content (AvgIpc) is 3.11. The summed E-state index contributed by atoms with van der Waals surface area (Å²) in [7, 11) is 6.74. The van der Waals surface area contributed by atoms with E-state index in [1.807, 2.05) is 0 Å². The second kappa shape index (κ2) is 17.9. The van der Waals surface area contributed by atoms with Crippen molar-refractivity contribution in [2.24, 2.45) is 0 Å². The maximum absolute atomic E-state index is 2.67. The molecule has 6 nitrogen and oxygen atoms in total. The molecule has 3 aliphatic heterocycles. The number of piperazine rings is 3. The third kappa shape index (κ3) is 9.99. The van der Waals surface area contributed by atoms with Crippen molar-refractivity contribution in [3.8, 4) is 22.3 Å². The number of benzene rings is 3. The van der Waals surface area contributed by atoms with Crippen LogP contribution < -0.4 is 0 Å². The highest BCUT2D eigenvalue weighted by atomic mass is 15.3. The first-order valence-electron chi connectivity index (χ1n) is 19.0. The van der Waals surface area contributed by atoms with Crippen LogP contribution in [0.3, 0.4) is 0 Å². The fourth-order valence-corrected chi connectivity index (χ4v) is 8.00. The van der Waals surface area contributed by atoms with Crippen LogP contribution >= 0.6 is 0 Å². The highest BCUT2D eigenvalue weighted by molar-refractivity contribution is 5.78. The number of likely N-dealkylation sites (N-methyl/N-ethyl adjacent to an activating group) is 3. The van der Waals surface area contributed by atoms with Crippen LogP contribution in [0.25, 0.3) is 22.3 Å². The molecule has 3 saturated heterocycles. The summed E-state index contributed by atoms with van der Waals surface area (Å²) in [5.74, 6) is 0. The fraction of sp³-hybridized carbons (Fsp3) is 0.571. The Balaban J connectivity index is 1.19. The highest BCUT2D eigenvalue weighted by Gasteiger charge is 2.18. The molecule has 0 amide bonds. The van der Waals surface area contributed by atoms with Crippen LogP contribution in [0.5, 0.6) is 0 Å². The molecule has 3 fully saturated rings. The van der Waals surface area contributed by atoms with Crippen molar-refractivity contribution in [2.75, 3.05) is 119 Å². The topological polar surface area (TPSA) is 19.4 Å². The zero-order chi connectivity index (χ0) is 33.1. The van der Waals surface area contributed by atoms with Gasteiger partial charge in [-0.3, -0.25) is 0 Å². The van der Waals surface area contributed by atoms with Crippen molar-refractivity contribution in [1.29, 1.82) is 0 Å². The zero-order valence-corrected chi connectivity index (χ0v) is 30.4. The third-order valence-corrected chi connectivity index (χ3v) is 11.3. The molecule has 0 unspecified atom stereocenters. The maximum atomic E-state index is 2.67. The van der Waals surface area contributed by atoms with E-state index in [0.29, 0.717) is 0 Å². The number of rotatable bonds is 14. The normalized spacial score (nSPS) is 19.6. The van der Waals surface area contributed by atoms with E-state index in [-0.39, 0.29) is 0 Å². The number of nitrogens with zero attached hydrogens (tertiary/aromatic N) is 6. The maximum Gasteiger partial charge on any atom is 0.0110 e. The van der Waals surface area contributed by atoms with Crippen molar-refractivity contribution in [3.63, 3.8) is 0 Å². The summed E-state index contributed by atoms with van der Waals surface area (Å²) in [6.07, 6.45) is 7.07. The Morgan fingerprint density at radius 2 is 0.812 bits per heavy atom. The minimum Gasteiger partial charge on any atom is -0.304 e. The van der Waals surface area contributed by atoms with Crippen LogP contribution in [0.4, 0.5) is 0 Å². The lowest BCUT2D eigenvalue weighted by Crippen LogP contribution is -2.44. The van der Waals surface area contributed by atoms with Gasteiger partial charge in [0.15, 0.2) is 0 Å². The minimum absolute atomic E-state index is 1.13. The molecule has 260 valence electrons. The molecule has 6 heteroatoms. The van der Waals surface area contributed by atoms with Crippen molar-refractivity contribution in [1.82, 2.24) is 29.4 Å². The monoisotopic (exact) mass is 651 g/mol. The molecule has 0 spiro atoms. The summed E-state index contributed by atoms with van der Waals surface area (Å²) >= 11 is 0. The number of aryl methyl sites for hydroxylation is 3. The van der Waals surface area contributed by atoms with Gasteiger partial charge in [-0.25, -0.2) is 0 Å². The summed E-state index contributed by atoms with van der Waals surface area (Å²) in [5.41, 5.74) is 10.2. The van der Waals surface area contributed by atoms with Gasteiger partial charge in [-0.2, -0.15) is 0 Å². The Hall–Kier alpha value is -2.58. The second-order valence-electron chi connectivity index (χ2n) is 14.9.